The van der Waals surface area contributed by atoms with E-state index in [-0.39, 0.29) is 23.8 Å². The quantitative estimate of drug-likeness (QED) is 0.253. The van der Waals surface area contributed by atoms with Crippen molar-refractivity contribution in [3.63, 3.8) is 0 Å². The van der Waals surface area contributed by atoms with Crippen LogP contribution in [0, 0.1) is 5.92 Å². The van der Waals surface area contributed by atoms with E-state index in [1.807, 2.05) is 0 Å². The molecule has 1 aliphatic carbocycles. The van der Waals surface area contributed by atoms with E-state index in [0.29, 0.717) is 18.8 Å². The largest absolute Gasteiger partial charge is 0.426 e. The van der Waals surface area contributed by atoms with Gasteiger partial charge in [-0.25, -0.2) is 0 Å². The highest BCUT2D eigenvalue weighted by atomic mass is 32.5. The Hall–Kier alpha value is -2.09. The molecule has 1 saturated carbocycles. The minimum absolute atomic E-state index is 0.167. The van der Waals surface area contributed by atoms with Crippen molar-refractivity contribution >= 4 is 16.2 Å². The lowest BCUT2D eigenvalue weighted by Crippen LogP contribution is -2.25. The average Bonchev–Trinajstić information content (AvgIpc) is 2.68. The van der Waals surface area contributed by atoms with Crippen molar-refractivity contribution in [3.05, 3.63) is 59.7 Å². The Morgan fingerprint density at radius 2 is 1.47 bits per heavy atom. The number of halogens is 5. The van der Waals surface area contributed by atoms with Crippen LogP contribution in [0.15, 0.2) is 53.4 Å². The molecule has 166 valence electrons. The topological polar surface area (TPSA) is 26.3 Å². The molecule has 0 aromatic heterocycles. The van der Waals surface area contributed by atoms with Gasteiger partial charge in [-0.2, -0.15) is 0 Å². The Morgan fingerprint density at radius 3 is 1.97 bits per heavy atom. The molecule has 0 saturated heterocycles. The third kappa shape index (κ3) is 5.74. The average molecular weight is 448 g/mol. The summed E-state index contributed by atoms with van der Waals surface area (Å²) in [6.07, 6.45) is 5.00. The molecule has 0 spiro atoms. The summed E-state index contributed by atoms with van der Waals surface area (Å²) < 4.78 is 68.9. The Kier molecular flexibility index (Phi) is 5.69. The molecule has 0 aliphatic heterocycles. The standard InChI is InChI=1S/C22H25F5O2S/c1-2-3-16-4-6-17(7-5-16)18-8-10-19(11-9-18)22(28)29-20-12-14-21(15-13-20)30(23,24,25,26)27/h4-7,12-15,18-19H,2-3,8-11H2,1H3. The second kappa shape index (κ2) is 7.55. The molecule has 0 bridgehead atoms. The van der Waals surface area contributed by atoms with Gasteiger partial charge in [0, 0.05) is 0 Å². The van der Waals surface area contributed by atoms with E-state index >= 15 is 0 Å². The molecule has 3 rings (SSSR count). The lowest BCUT2D eigenvalue weighted by Gasteiger charge is -2.40. The zero-order valence-corrected chi connectivity index (χ0v) is 17.4. The molecule has 30 heavy (non-hydrogen) atoms. The SMILES string of the molecule is CCCc1ccc(C2CCC(C(=O)Oc3ccc(S(F)(F)(F)(F)F)cc3)CC2)cc1. The van der Waals surface area contributed by atoms with Crippen LogP contribution in [0.3, 0.4) is 0 Å². The summed E-state index contributed by atoms with van der Waals surface area (Å²) in [6, 6.07) is 10.6. The van der Waals surface area contributed by atoms with E-state index < -0.39 is 21.1 Å². The van der Waals surface area contributed by atoms with E-state index in [1.165, 1.54) is 11.1 Å². The number of hydrogen-bond acceptors (Lipinski definition) is 2. The number of aryl methyl sites for hydroxylation is 1. The molecule has 8 heteroatoms. The van der Waals surface area contributed by atoms with Gasteiger partial charge in [-0.1, -0.05) is 57.0 Å². The van der Waals surface area contributed by atoms with Crippen LogP contribution in [0.1, 0.15) is 56.1 Å². The maximum atomic E-state index is 12.8. The lowest BCUT2D eigenvalue weighted by molar-refractivity contribution is -0.140. The van der Waals surface area contributed by atoms with Gasteiger partial charge >= 0.3 is 16.2 Å². The molecule has 0 radical (unpaired) electrons. The van der Waals surface area contributed by atoms with Crippen molar-refractivity contribution in [1.82, 2.24) is 0 Å². The number of hydrogen-bond donors (Lipinski definition) is 0. The highest BCUT2D eigenvalue weighted by Gasteiger charge is 2.65. The van der Waals surface area contributed by atoms with E-state index in [2.05, 4.69) is 31.2 Å². The van der Waals surface area contributed by atoms with Crippen molar-refractivity contribution in [2.24, 2.45) is 5.92 Å². The zero-order chi connectivity index (χ0) is 22.1. The predicted molar refractivity (Wildman–Crippen MR) is 109 cm³/mol. The fraction of sp³-hybridized carbons (Fsp3) is 0.409. The number of carbonyl (C=O) groups excluding carboxylic acids is 1. The summed E-state index contributed by atoms with van der Waals surface area (Å²) in [7, 11) is -9.73. The van der Waals surface area contributed by atoms with E-state index in [4.69, 9.17) is 4.74 Å². The summed E-state index contributed by atoms with van der Waals surface area (Å²) in [4.78, 5) is 10.4. The normalized spacial score (nSPS) is 22.1. The van der Waals surface area contributed by atoms with E-state index in [9.17, 15) is 24.2 Å². The molecular weight excluding hydrogens is 423 g/mol. The first-order valence-corrected chi connectivity index (χ1v) is 12.0. The van der Waals surface area contributed by atoms with Crippen molar-refractivity contribution in [3.8, 4) is 5.75 Å². The molecule has 0 N–H and O–H groups in total. The Morgan fingerprint density at radius 1 is 0.900 bits per heavy atom. The van der Waals surface area contributed by atoms with Crippen LogP contribution >= 0.6 is 10.2 Å². The summed E-state index contributed by atoms with van der Waals surface area (Å²) in [5.41, 5.74) is 2.54. The molecule has 0 unspecified atom stereocenters. The predicted octanol–water partition coefficient (Wildman–Crippen LogP) is 8.18. The maximum absolute atomic E-state index is 12.8. The smallest absolute Gasteiger partial charge is 0.314 e. The fourth-order valence-corrected chi connectivity index (χ4v) is 4.52. The van der Waals surface area contributed by atoms with Gasteiger partial charge in [0.15, 0.2) is 0 Å². The molecular formula is C22H25F5O2S. The minimum atomic E-state index is -9.73. The van der Waals surface area contributed by atoms with Gasteiger partial charge in [0.1, 0.15) is 10.6 Å². The summed E-state index contributed by atoms with van der Waals surface area (Å²) in [5.74, 6) is -0.691. The monoisotopic (exact) mass is 448 g/mol. The van der Waals surface area contributed by atoms with Crippen LogP contribution in [0.25, 0.3) is 0 Å². The second-order valence-corrected chi connectivity index (χ2v) is 10.3. The summed E-state index contributed by atoms with van der Waals surface area (Å²) in [6.45, 7) is 2.13. The van der Waals surface area contributed by atoms with Crippen LogP contribution in [0.5, 0.6) is 5.75 Å². The van der Waals surface area contributed by atoms with Gasteiger partial charge in [-0.3, -0.25) is 4.79 Å². The number of esters is 1. The first-order valence-electron chi connectivity index (χ1n) is 10.0. The van der Waals surface area contributed by atoms with Gasteiger partial charge in [-0.05, 0) is 73.4 Å². The molecule has 2 aromatic rings. The van der Waals surface area contributed by atoms with Gasteiger partial charge in [0.25, 0.3) is 0 Å². The minimum Gasteiger partial charge on any atom is -0.426 e. The summed E-state index contributed by atoms with van der Waals surface area (Å²) >= 11 is 0. The molecule has 0 heterocycles. The first kappa shape index (κ1) is 22.6. The van der Waals surface area contributed by atoms with Crippen LogP contribution < -0.4 is 4.74 Å². The Balaban J connectivity index is 1.55. The van der Waals surface area contributed by atoms with E-state index in [1.54, 1.807) is 0 Å². The van der Waals surface area contributed by atoms with Crippen molar-refractivity contribution < 1.29 is 29.0 Å². The van der Waals surface area contributed by atoms with Crippen molar-refractivity contribution in [2.45, 2.75) is 56.3 Å². The molecule has 1 fully saturated rings. The maximum Gasteiger partial charge on any atom is 0.314 e. The van der Waals surface area contributed by atoms with Crippen LogP contribution in [-0.2, 0) is 11.2 Å². The fourth-order valence-electron chi connectivity index (χ4n) is 3.87. The molecule has 2 nitrogen and oxygen atoms in total. The highest BCUT2D eigenvalue weighted by molar-refractivity contribution is 8.45. The molecule has 1 aliphatic rings. The van der Waals surface area contributed by atoms with Gasteiger partial charge in [0.05, 0.1) is 5.92 Å². The van der Waals surface area contributed by atoms with Gasteiger partial charge < -0.3 is 4.74 Å². The molecule has 0 amide bonds. The third-order valence-electron chi connectivity index (χ3n) is 5.54. The van der Waals surface area contributed by atoms with Crippen LogP contribution in [-0.4, -0.2) is 5.97 Å². The van der Waals surface area contributed by atoms with Crippen LogP contribution in [0.2, 0.25) is 0 Å². The number of rotatable bonds is 6. The second-order valence-electron chi connectivity index (χ2n) is 7.90. The molecule has 0 atom stereocenters. The van der Waals surface area contributed by atoms with Crippen molar-refractivity contribution in [2.75, 3.05) is 0 Å². The van der Waals surface area contributed by atoms with Gasteiger partial charge in [-0.15, -0.1) is 0 Å². The first-order chi connectivity index (χ1) is 13.9. The zero-order valence-electron chi connectivity index (χ0n) is 16.6. The van der Waals surface area contributed by atoms with E-state index in [0.717, 1.165) is 37.8 Å². The number of carbonyl (C=O) groups is 1. The number of benzene rings is 2. The van der Waals surface area contributed by atoms with Gasteiger partial charge in [0.2, 0.25) is 0 Å². The lowest BCUT2D eigenvalue weighted by atomic mass is 9.78. The number of ether oxygens (including phenoxy) is 1. The van der Waals surface area contributed by atoms with Crippen LogP contribution in [0.4, 0.5) is 19.4 Å². The van der Waals surface area contributed by atoms with Crippen molar-refractivity contribution in [1.29, 1.82) is 0 Å². The third-order valence-corrected chi connectivity index (χ3v) is 6.70. The molecule has 2 aromatic carbocycles. The Bertz CT molecular complexity index is 885. The highest BCUT2D eigenvalue weighted by Crippen LogP contribution is 3.02. The summed E-state index contributed by atoms with van der Waals surface area (Å²) in [5, 5.41) is 0. The Labute approximate surface area is 173 Å².